The molecule has 1 amide bonds. The van der Waals surface area contributed by atoms with E-state index in [1.165, 1.54) is 12.8 Å². The Balaban J connectivity index is 2.16. The van der Waals surface area contributed by atoms with Crippen LogP contribution in [0.15, 0.2) is 23.1 Å². The minimum Gasteiger partial charge on any atom is -0.349 e. The fraction of sp³-hybridized carbons (Fsp3) is 0.500. The molecule has 0 aliphatic heterocycles. The topological polar surface area (TPSA) is 89.3 Å². The van der Waals surface area contributed by atoms with E-state index in [0.29, 0.717) is 5.92 Å². The highest BCUT2D eigenvalue weighted by atomic mass is 32.2. The van der Waals surface area contributed by atoms with E-state index in [-0.39, 0.29) is 11.6 Å². The number of primary sulfonamides is 1. The number of carbonyl (C=O) groups is 1. The van der Waals surface area contributed by atoms with Crippen molar-refractivity contribution in [3.63, 3.8) is 0 Å². The van der Waals surface area contributed by atoms with Gasteiger partial charge in [-0.15, -0.1) is 0 Å². The van der Waals surface area contributed by atoms with Gasteiger partial charge in [-0.05, 0) is 37.0 Å². The molecule has 1 atom stereocenters. The summed E-state index contributed by atoms with van der Waals surface area (Å²) in [5, 5.41) is 7.79. The Hall–Kier alpha value is -1.47. The van der Waals surface area contributed by atoms with E-state index >= 15 is 0 Å². The van der Waals surface area contributed by atoms with Gasteiger partial charge in [0.15, 0.2) is 0 Å². The first kappa shape index (κ1) is 15.9. The Morgan fingerprint density at radius 1 is 1.43 bits per heavy atom. The maximum Gasteiger partial charge on any atom is 0.251 e. The number of sulfonamides is 1. The molecule has 5 nitrogen and oxygen atoms in total. The molecule has 2 rings (SSSR count). The summed E-state index contributed by atoms with van der Waals surface area (Å²) in [4.78, 5) is 11.7. The van der Waals surface area contributed by atoms with Crippen LogP contribution in [0.1, 0.15) is 43.0 Å². The van der Waals surface area contributed by atoms with E-state index in [2.05, 4.69) is 5.32 Å². The van der Waals surface area contributed by atoms with Crippen LogP contribution in [0.25, 0.3) is 0 Å². The van der Waals surface area contributed by atoms with Crippen LogP contribution in [-0.2, 0) is 10.0 Å². The molecule has 0 heterocycles. The average Bonchev–Trinajstić information content (AvgIpc) is 3.20. The summed E-state index contributed by atoms with van der Waals surface area (Å²) in [6.45, 7) is 1.97. The molecule has 1 unspecified atom stereocenters. The highest BCUT2D eigenvalue weighted by Gasteiger charge is 2.26. The third kappa shape index (κ3) is 4.50. The fourth-order valence-electron chi connectivity index (χ4n) is 2.21. The summed E-state index contributed by atoms with van der Waals surface area (Å²) in [6, 6.07) is 2.92. The van der Waals surface area contributed by atoms with Crippen molar-refractivity contribution in [2.75, 3.05) is 0 Å². The summed E-state index contributed by atoms with van der Waals surface area (Å²) in [5.74, 6) is -0.628. The third-order valence-corrected chi connectivity index (χ3v) is 4.50. The molecule has 21 heavy (non-hydrogen) atoms. The summed E-state index contributed by atoms with van der Waals surface area (Å²) < 4.78 is 36.0. The minimum atomic E-state index is -4.04. The number of carbonyl (C=O) groups excluding carboxylic acids is 1. The number of hydrogen-bond donors (Lipinski definition) is 2. The molecule has 0 aromatic heterocycles. The van der Waals surface area contributed by atoms with Crippen molar-refractivity contribution in [3.8, 4) is 0 Å². The minimum absolute atomic E-state index is 0.0196. The molecule has 1 saturated carbocycles. The van der Waals surface area contributed by atoms with Crippen LogP contribution in [0.3, 0.4) is 0 Å². The van der Waals surface area contributed by atoms with Gasteiger partial charge in [0, 0.05) is 11.6 Å². The number of halogens is 1. The SMILES string of the molecule is CCC(CC1CC1)NC(=O)c1cc(F)cc(S(N)(=O)=O)c1. The second-order valence-corrected chi connectivity index (χ2v) is 7.04. The summed E-state index contributed by atoms with van der Waals surface area (Å²) in [7, 11) is -4.04. The van der Waals surface area contributed by atoms with Gasteiger partial charge >= 0.3 is 0 Å². The molecule has 116 valence electrons. The third-order valence-electron chi connectivity index (χ3n) is 3.60. The fourth-order valence-corrected chi connectivity index (χ4v) is 2.78. The second-order valence-electron chi connectivity index (χ2n) is 5.48. The van der Waals surface area contributed by atoms with Crippen LogP contribution in [-0.4, -0.2) is 20.4 Å². The first-order chi connectivity index (χ1) is 9.79. The number of nitrogens with two attached hydrogens (primary N) is 1. The standard InChI is InChI=1S/C14H19FN2O3S/c1-2-12(5-9-3-4-9)17-14(18)10-6-11(15)8-13(7-10)21(16,19)20/h6-9,12H,2-5H2,1H3,(H,17,18)(H2,16,19,20). The molecule has 7 heteroatoms. The van der Waals surface area contributed by atoms with E-state index in [0.717, 1.165) is 31.0 Å². The van der Waals surface area contributed by atoms with Crippen LogP contribution in [0.5, 0.6) is 0 Å². The molecule has 0 spiro atoms. The quantitative estimate of drug-likeness (QED) is 0.838. The van der Waals surface area contributed by atoms with Gasteiger partial charge in [-0.25, -0.2) is 17.9 Å². The first-order valence-corrected chi connectivity index (χ1v) is 8.48. The number of rotatable bonds is 6. The highest BCUT2D eigenvalue weighted by Crippen LogP contribution is 2.34. The predicted octanol–water partition coefficient (Wildman–Crippen LogP) is 1.78. The van der Waals surface area contributed by atoms with Crippen molar-refractivity contribution in [1.82, 2.24) is 5.32 Å². The lowest BCUT2D eigenvalue weighted by molar-refractivity contribution is 0.0932. The lowest BCUT2D eigenvalue weighted by Crippen LogP contribution is -2.35. The number of benzene rings is 1. The zero-order chi connectivity index (χ0) is 15.6. The Morgan fingerprint density at radius 3 is 2.62 bits per heavy atom. The van der Waals surface area contributed by atoms with Gasteiger partial charge in [0.05, 0.1) is 4.90 Å². The highest BCUT2D eigenvalue weighted by molar-refractivity contribution is 7.89. The average molecular weight is 314 g/mol. The van der Waals surface area contributed by atoms with Crippen LogP contribution < -0.4 is 10.5 Å². The molecular weight excluding hydrogens is 295 g/mol. The maximum atomic E-state index is 13.5. The predicted molar refractivity (Wildman–Crippen MR) is 76.7 cm³/mol. The molecule has 0 radical (unpaired) electrons. The first-order valence-electron chi connectivity index (χ1n) is 6.94. The van der Waals surface area contributed by atoms with Gasteiger partial charge in [0.1, 0.15) is 5.82 Å². The van der Waals surface area contributed by atoms with Gasteiger partial charge < -0.3 is 5.32 Å². The molecule has 0 bridgehead atoms. The van der Waals surface area contributed by atoms with E-state index in [9.17, 15) is 17.6 Å². The van der Waals surface area contributed by atoms with Gasteiger partial charge in [0.25, 0.3) is 5.91 Å². The molecule has 1 aliphatic rings. The maximum absolute atomic E-state index is 13.5. The van der Waals surface area contributed by atoms with Crippen LogP contribution in [0, 0.1) is 11.7 Å². The molecule has 0 saturated heterocycles. The number of amides is 1. The summed E-state index contributed by atoms with van der Waals surface area (Å²) in [5.41, 5.74) is -0.0340. The van der Waals surface area contributed by atoms with Gasteiger partial charge in [-0.1, -0.05) is 19.8 Å². The van der Waals surface area contributed by atoms with Crippen molar-refractivity contribution in [2.24, 2.45) is 11.1 Å². The largest absolute Gasteiger partial charge is 0.349 e. The number of nitrogens with one attached hydrogen (secondary N) is 1. The van der Waals surface area contributed by atoms with Gasteiger partial charge in [0.2, 0.25) is 10.0 Å². The molecule has 1 aliphatic carbocycles. The monoisotopic (exact) mass is 314 g/mol. The van der Waals surface area contributed by atoms with Crippen molar-refractivity contribution in [3.05, 3.63) is 29.6 Å². The normalized spacial score (nSPS) is 16.5. The Labute approximate surface area is 123 Å². The Kier molecular flexibility index (Phi) is 4.63. The Bertz CT molecular complexity index is 642. The van der Waals surface area contributed by atoms with Gasteiger partial charge in [-0.3, -0.25) is 4.79 Å². The zero-order valence-electron chi connectivity index (χ0n) is 11.8. The molecule has 1 aromatic carbocycles. The van der Waals surface area contributed by atoms with E-state index in [4.69, 9.17) is 5.14 Å². The van der Waals surface area contributed by atoms with Crippen molar-refractivity contribution < 1.29 is 17.6 Å². The van der Waals surface area contributed by atoms with Crippen molar-refractivity contribution >= 4 is 15.9 Å². The van der Waals surface area contributed by atoms with E-state index < -0.39 is 26.6 Å². The summed E-state index contributed by atoms with van der Waals surface area (Å²) >= 11 is 0. The van der Waals surface area contributed by atoms with Crippen LogP contribution in [0.2, 0.25) is 0 Å². The molecular formula is C14H19FN2O3S. The van der Waals surface area contributed by atoms with Crippen LogP contribution in [0.4, 0.5) is 4.39 Å². The van der Waals surface area contributed by atoms with Crippen LogP contribution >= 0.6 is 0 Å². The second kappa shape index (κ2) is 6.11. The molecule has 1 fully saturated rings. The Morgan fingerprint density at radius 2 is 2.10 bits per heavy atom. The smallest absolute Gasteiger partial charge is 0.251 e. The van der Waals surface area contributed by atoms with E-state index in [1.807, 2.05) is 6.92 Å². The molecule has 3 N–H and O–H groups in total. The van der Waals surface area contributed by atoms with Gasteiger partial charge in [-0.2, -0.15) is 0 Å². The summed E-state index contributed by atoms with van der Waals surface area (Å²) in [6.07, 6.45) is 4.04. The van der Waals surface area contributed by atoms with Crippen molar-refractivity contribution in [1.29, 1.82) is 0 Å². The van der Waals surface area contributed by atoms with E-state index in [1.54, 1.807) is 0 Å². The zero-order valence-corrected chi connectivity index (χ0v) is 12.6. The molecule has 1 aromatic rings. The number of hydrogen-bond acceptors (Lipinski definition) is 3. The lowest BCUT2D eigenvalue weighted by atomic mass is 10.1. The van der Waals surface area contributed by atoms with Crippen molar-refractivity contribution in [2.45, 2.75) is 43.5 Å². The lowest BCUT2D eigenvalue weighted by Gasteiger charge is -2.17.